The second-order valence-electron chi connectivity index (χ2n) is 8.69. The van der Waals surface area contributed by atoms with Crippen molar-refractivity contribution in [2.24, 2.45) is 0 Å². The minimum atomic E-state index is -0.915. The number of benzene rings is 2. The van der Waals surface area contributed by atoms with Crippen molar-refractivity contribution in [1.29, 1.82) is 5.41 Å². The van der Waals surface area contributed by atoms with E-state index in [9.17, 15) is 4.79 Å². The molecule has 2 aliphatic heterocycles. The topological polar surface area (TPSA) is 107 Å². The van der Waals surface area contributed by atoms with Crippen LogP contribution in [0.5, 0.6) is 0 Å². The van der Waals surface area contributed by atoms with Gasteiger partial charge in [-0.15, -0.1) is 0 Å². The molecule has 8 heteroatoms. The average molecular weight is 453 g/mol. The molecule has 2 fully saturated rings. The fourth-order valence-electron chi connectivity index (χ4n) is 4.36. The van der Waals surface area contributed by atoms with Crippen molar-refractivity contribution in [2.75, 3.05) is 26.2 Å². The highest BCUT2D eigenvalue weighted by molar-refractivity contribution is 5.96. The second-order valence-corrected chi connectivity index (χ2v) is 8.69. The predicted molar refractivity (Wildman–Crippen MR) is 125 cm³/mol. The standard InChI is InChI=1S/C25H32N4O4/c26-25(27-15-18-4-2-1-3-5-18)20-8-6-19(7-9-20)23-14-22(33-28-23)16-29-12-10-21(11-13-29)32-17-24(30)31/h1-9,21-23,28H,10-17H2,(H2,26,27)(H,30,31). The summed E-state index contributed by atoms with van der Waals surface area (Å²) >= 11 is 0. The first kappa shape index (κ1) is 23.4. The number of hydroxylamine groups is 1. The molecule has 2 saturated heterocycles. The summed E-state index contributed by atoms with van der Waals surface area (Å²) in [6.45, 7) is 3.04. The molecule has 2 aliphatic rings. The van der Waals surface area contributed by atoms with Crippen LogP contribution in [0.1, 0.15) is 42.0 Å². The van der Waals surface area contributed by atoms with Crippen molar-refractivity contribution < 1.29 is 19.5 Å². The van der Waals surface area contributed by atoms with E-state index in [1.54, 1.807) is 0 Å². The normalized spacial score (nSPS) is 21.7. The monoisotopic (exact) mass is 452 g/mol. The molecule has 0 radical (unpaired) electrons. The predicted octanol–water partition coefficient (Wildman–Crippen LogP) is 2.70. The minimum absolute atomic E-state index is 0.0344. The van der Waals surface area contributed by atoms with Crippen molar-refractivity contribution >= 4 is 11.8 Å². The first-order valence-electron chi connectivity index (χ1n) is 11.5. The zero-order chi connectivity index (χ0) is 23.0. The SMILES string of the molecule is N=C(NCc1ccccc1)c1ccc(C2CC(CN3CCC(OCC(=O)O)CC3)ON2)cc1. The van der Waals surface area contributed by atoms with Crippen LogP contribution < -0.4 is 10.8 Å². The van der Waals surface area contributed by atoms with Gasteiger partial charge in [-0.25, -0.2) is 4.79 Å². The zero-order valence-corrected chi connectivity index (χ0v) is 18.7. The lowest BCUT2D eigenvalue weighted by Crippen LogP contribution is -2.41. The van der Waals surface area contributed by atoms with Gasteiger partial charge < -0.3 is 20.1 Å². The Kier molecular flexibility index (Phi) is 8.06. The summed E-state index contributed by atoms with van der Waals surface area (Å²) < 4.78 is 5.41. The molecule has 0 saturated carbocycles. The number of piperidine rings is 1. The van der Waals surface area contributed by atoms with Crippen LogP contribution in [0.4, 0.5) is 0 Å². The Morgan fingerprint density at radius 3 is 2.58 bits per heavy atom. The van der Waals surface area contributed by atoms with Gasteiger partial charge in [0, 0.05) is 31.7 Å². The Hall–Kier alpha value is -2.78. The average Bonchev–Trinajstić information content (AvgIpc) is 3.31. The van der Waals surface area contributed by atoms with Gasteiger partial charge in [-0.3, -0.25) is 10.2 Å². The summed E-state index contributed by atoms with van der Waals surface area (Å²) in [5.74, 6) is -0.503. The number of nitrogens with zero attached hydrogens (tertiary/aromatic N) is 1. The maximum Gasteiger partial charge on any atom is 0.329 e. The molecule has 0 bridgehead atoms. The Morgan fingerprint density at radius 2 is 1.88 bits per heavy atom. The quantitative estimate of drug-likeness (QED) is 0.342. The van der Waals surface area contributed by atoms with Crippen LogP contribution in [-0.2, 0) is 20.9 Å². The second kappa shape index (κ2) is 11.4. The molecule has 33 heavy (non-hydrogen) atoms. The van der Waals surface area contributed by atoms with E-state index in [-0.39, 0.29) is 24.9 Å². The van der Waals surface area contributed by atoms with Gasteiger partial charge in [0.05, 0.1) is 18.2 Å². The lowest BCUT2D eigenvalue weighted by atomic mass is 10.00. The molecular formula is C25H32N4O4. The number of amidine groups is 1. The molecule has 2 heterocycles. The lowest BCUT2D eigenvalue weighted by Gasteiger charge is -2.32. The van der Waals surface area contributed by atoms with Crippen LogP contribution in [-0.4, -0.2) is 60.3 Å². The molecule has 0 spiro atoms. The van der Waals surface area contributed by atoms with Crippen LogP contribution >= 0.6 is 0 Å². The number of rotatable bonds is 9. The van der Waals surface area contributed by atoms with Crippen LogP contribution in [0.25, 0.3) is 0 Å². The minimum Gasteiger partial charge on any atom is -0.480 e. The van der Waals surface area contributed by atoms with Gasteiger partial charge in [-0.1, -0.05) is 54.6 Å². The number of nitrogens with one attached hydrogen (secondary N) is 3. The lowest BCUT2D eigenvalue weighted by molar-refractivity contribution is -0.145. The fourth-order valence-corrected chi connectivity index (χ4v) is 4.36. The van der Waals surface area contributed by atoms with E-state index >= 15 is 0 Å². The third kappa shape index (κ3) is 6.85. The molecule has 2 atom stereocenters. The molecule has 2 aromatic rings. The van der Waals surface area contributed by atoms with Gasteiger partial charge >= 0.3 is 5.97 Å². The number of aliphatic carboxylic acids is 1. The van der Waals surface area contributed by atoms with Gasteiger partial charge in [-0.2, -0.15) is 5.48 Å². The van der Waals surface area contributed by atoms with E-state index in [1.165, 1.54) is 0 Å². The van der Waals surface area contributed by atoms with E-state index in [4.69, 9.17) is 20.1 Å². The Bertz CT molecular complexity index is 914. The van der Waals surface area contributed by atoms with Crippen LogP contribution in [0.2, 0.25) is 0 Å². The maximum atomic E-state index is 10.6. The summed E-state index contributed by atoms with van der Waals surface area (Å²) in [5.41, 5.74) is 6.32. The van der Waals surface area contributed by atoms with Gasteiger partial charge in [0.2, 0.25) is 0 Å². The first-order valence-corrected chi connectivity index (χ1v) is 11.5. The molecule has 176 valence electrons. The zero-order valence-electron chi connectivity index (χ0n) is 18.7. The highest BCUT2D eigenvalue weighted by Gasteiger charge is 2.30. The first-order chi connectivity index (χ1) is 16.1. The molecule has 8 nitrogen and oxygen atoms in total. The number of ether oxygens (including phenoxy) is 1. The molecule has 4 rings (SSSR count). The summed E-state index contributed by atoms with van der Waals surface area (Å²) in [6.07, 6.45) is 2.73. The number of likely N-dealkylation sites (tertiary alicyclic amines) is 1. The molecule has 2 unspecified atom stereocenters. The molecule has 2 aromatic carbocycles. The van der Waals surface area contributed by atoms with Crippen LogP contribution in [0.3, 0.4) is 0 Å². The van der Waals surface area contributed by atoms with E-state index in [0.717, 1.165) is 55.6 Å². The third-order valence-corrected chi connectivity index (χ3v) is 6.23. The fraction of sp³-hybridized carbons (Fsp3) is 0.440. The number of carbonyl (C=O) groups is 1. The van der Waals surface area contributed by atoms with Crippen molar-refractivity contribution in [2.45, 2.75) is 44.1 Å². The Morgan fingerprint density at radius 1 is 1.15 bits per heavy atom. The van der Waals surface area contributed by atoms with Gasteiger partial charge in [0.25, 0.3) is 0 Å². The summed E-state index contributed by atoms with van der Waals surface area (Å²) in [6, 6.07) is 18.3. The third-order valence-electron chi connectivity index (χ3n) is 6.23. The summed E-state index contributed by atoms with van der Waals surface area (Å²) in [4.78, 5) is 18.8. The number of hydrogen-bond donors (Lipinski definition) is 4. The van der Waals surface area contributed by atoms with Crippen molar-refractivity contribution in [1.82, 2.24) is 15.7 Å². The molecule has 0 aliphatic carbocycles. The molecule has 0 amide bonds. The number of carboxylic acids is 1. The van der Waals surface area contributed by atoms with Gasteiger partial charge in [0.15, 0.2) is 0 Å². The van der Waals surface area contributed by atoms with E-state index in [0.29, 0.717) is 12.4 Å². The van der Waals surface area contributed by atoms with Crippen LogP contribution in [0, 0.1) is 5.41 Å². The van der Waals surface area contributed by atoms with Crippen LogP contribution in [0.15, 0.2) is 54.6 Å². The van der Waals surface area contributed by atoms with E-state index in [2.05, 4.69) is 27.8 Å². The smallest absolute Gasteiger partial charge is 0.329 e. The molecule has 4 N–H and O–H groups in total. The summed E-state index contributed by atoms with van der Waals surface area (Å²) in [7, 11) is 0. The number of hydrogen-bond acceptors (Lipinski definition) is 6. The Labute approximate surface area is 194 Å². The number of carboxylic acid groups (broad SMARTS) is 1. The van der Waals surface area contributed by atoms with Crippen molar-refractivity contribution in [3.63, 3.8) is 0 Å². The largest absolute Gasteiger partial charge is 0.480 e. The van der Waals surface area contributed by atoms with Crippen molar-refractivity contribution in [3.05, 3.63) is 71.3 Å². The Balaban J connectivity index is 1.20. The summed E-state index contributed by atoms with van der Waals surface area (Å²) in [5, 5.41) is 20.2. The molecule has 0 aromatic heterocycles. The van der Waals surface area contributed by atoms with E-state index < -0.39 is 5.97 Å². The van der Waals surface area contributed by atoms with Crippen molar-refractivity contribution in [3.8, 4) is 0 Å². The van der Waals surface area contributed by atoms with Gasteiger partial charge in [0.1, 0.15) is 12.4 Å². The maximum absolute atomic E-state index is 10.6. The molecular weight excluding hydrogens is 420 g/mol. The van der Waals surface area contributed by atoms with E-state index in [1.807, 2.05) is 42.5 Å². The highest BCUT2D eigenvalue weighted by atomic mass is 16.7. The highest BCUT2D eigenvalue weighted by Crippen LogP contribution is 2.27. The van der Waals surface area contributed by atoms with Gasteiger partial charge in [-0.05, 0) is 30.4 Å².